The number of rotatable bonds is 0. The van der Waals surface area contributed by atoms with Crippen LogP contribution in [0.2, 0.25) is 0 Å². The number of nitrogens with zero attached hydrogens (tertiary/aromatic N) is 1. The summed E-state index contributed by atoms with van der Waals surface area (Å²) in [6.07, 6.45) is 3.62. The summed E-state index contributed by atoms with van der Waals surface area (Å²) in [7, 11) is 0. The zero-order chi connectivity index (χ0) is 7.84. The van der Waals surface area contributed by atoms with Crippen LogP contribution in [0, 0.1) is 0 Å². The second kappa shape index (κ2) is 2.84. The van der Waals surface area contributed by atoms with Crippen molar-refractivity contribution in [3.8, 4) is 0 Å². The number of hydrogen-bond donors (Lipinski definition) is 1. The summed E-state index contributed by atoms with van der Waals surface area (Å²) in [5.41, 5.74) is 1.05. The lowest BCUT2D eigenvalue weighted by Crippen LogP contribution is -2.18. The molecule has 2 aliphatic heterocycles. The normalized spacial score (nSPS) is 28.2. The summed E-state index contributed by atoms with van der Waals surface area (Å²) < 4.78 is 1.08. The van der Waals surface area contributed by atoms with Gasteiger partial charge in [-0.2, -0.15) is 0 Å². The molecule has 0 aromatic heterocycles. The van der Waals surface area contributed by atoms with Crippen molar-refractivity contribution in [1.29, 1.82) is 0 Å². The summed E-state index contributed by atoms with van der Waals surface area (Å²) in [6.45, 7) is 0. The average molecular weight is 252 g/mol. The van der Waals surface area contributed by atoms with Gasteiger partial charge >= 0.3 is 0 Å². The van der Waals surface area contributed by atoms with Gasteiger partial charge in [0, 0.05) is 5.57 Å². The summed E-state index contributed by atoms with van der Waals surface area (Å²) in [6, 6.07) is 0. The van der Waals surface area contributed by atoms with E-state index < -0.39 is 0 Å². The van der Waals surface area contributed by atoms with Crippen molar-refractivity contribution < 1.29 is 0 Å². The van der Waals surface area contributed by atoms with Crippen molar-refractivity contribution in [2.24, 2.45) is 4.99 Å². The first-order valence-corrected chi connectivity index (χ1v) is 5.04. The molecule has 0 aromatic carbocycles. The first kappa shape index (κ1) is 7.71. The van der Waals surface area contributed by atoms with Gasteiger partial charge in [-0.3, -0.25) is 4.99 Å². The van der Waals surface area contributed by atoms with Gasteiger partial charge in [-0.25, -0.2) is 0 Å². The molecular formula is C6H4BrClN2S. The molecule has 1 atom stereocenters. The molecule has 0 aromatic rings. The van der Waals surface area contributed by atoms with Gasteiger partial charge in [-0.15, -0.1) is 0 Å². The molecule has 5 heteroatoms. The maximum Gasteiger partial charge on any atom is 0.130 e. The Morgan fingerprint density at radius 2 is 2.55 bits per heavy atom. The fraction of sp³-hybridized carbons (Fsp3) is 0.167. The lowest BCUT2D eigenvalue weighted by Gasteiger charge is -2.12. The van der Waals surface area contributed by atoms with E-state index in [4.69, 9.17) is 11.6 Å². The third-order valence-electron chi connectivity index (χ3n) is 1.41. The molecule has 1 unspecified atom stereocenters. The van der Waals surface area contributed by atoms with E-state index in [2.05, 4.69) is 26.2 Å². The maximum atomic E-state index is 5.88. The Bertz CT molecular complexity index is 284. The first-order chi connectivity index (χ1) is 5.27. The van der Waals surface area contributed by atoms with Crippen molar-refractivity contribution in [3.05, 3.63) is 20.6 Å². The van der Waals surface area contributed by atoms with E-state index >= 15 is 0 Å². The Hall–Kier alpha value is 0.0700. The Balaban J connectivity index is 2.38. The second-order valence-electron chi connectivity index (χ2n) is 2.11. The fourth-order valence-electron chi connectivity index (χ4n) is 0.925. The smallest absolute Gasteiger partial charge is 0.130 e. The Morgan fingerprint density at radius 1 is 1.73 bits per heavy atom. The van der Waals surface area contributed by atoms with Crippen LogP contribution in [0.15, 0.2) is 25.6 Å². The van der Waals surface area contributed by atoms with Crippen LogP contribution >= 0.6 is 39.3 Å². The number of thioether (sulfide) groups is 1. The van der Waals surface area contributed by atoms with E-state index in [1.165, 1.54) is 0 Å². The molecule has 11 heavy (non-hydrogen) atoms. The van der Waals surface area contributed by atoms with Gasteiger partial charge in [-0.05, 0) is 22.0 Å². The minimum atomic E-state index is 0.151. The fourth-order valence-corrected chi connectivity index (χ4v) is 2.82. The molecule has 2 rings (SSSR count). The molecule has 0 fully saturated rings. The van der Waals surface area contributed by atoms with Gasteiger partial charge in [-0.1, -0.05) is 23.4 Å². The molecule has 0 saturated heterocycles. The molecule has 0 amide bonds. The molecule has 2 nitrogen and oxygen atoms in total. The standard InChI is InChI=1S/C6H4BrClN2S/c7-4-1-3-5(8)9-2-10-6(3)11-4/h1-2,6H,(H,9,10). The molecule has 0 radical (unpaired) electrons. The van der Waals surface area contributed by atoms with Crippen LogP contribution in [0.3, 0.4) is 0 Å². The molecule has 1 N–H and O–H groups in total. The highest BCUT2D eigenvalue weighted by atomic mass is 79.9. The van der Waals surface area contributed by atoms with E-state index in [1.54, 1.807) is 18.1 Å². The predicted octanol–water partition coefficient (Wildman–Crippen LogP) is 2.38. The van der Waals surface area contributed by atoms with Crippen LogP contribution in [0.25, 0.3) is 0 Å². The van der Waals surface area contributed by atoms with E-state index in [0.717, 1.165) is 9.39 Å². The van der Waals surface area contributed by atoms with Crippen molar-refractivity contribution in [2.75, 3.05) is 0 Å². The largest absolute Gasteiger partial charge is 0.337 e. The van der Waals surface area contributed by atoms with E-state index in [0.29, 0.717) is 5.16 Å². The highest BCUT2D eigenvalue weighted by molar-refractivity contribution is 9.14. The topological polar surface area (TPSA) is 24.4 Å². The van der Waals surface area contributed by atoms with Gasteiger partial charge in [0.1, 0.15) is 10.5 Å². The van der Waals surface area contributed by atoms with Crippen molar-refractivity contribution >= 4 is 45.6 Å². The number of nitrogens with one attached hydrogen (secondary N) is 1. The third-order valence-corrected chi connectivity index (χ3v) is 3.47. The summed E-state index contributed by atoms with van der Waals surface area (Å²) >= 11 is 10.9. The van der Waals surface area contributed by atoms with Crippen LogP contribution in [0.1, 0.15) is 0 Å². The number of aliphatic imine (C=N–C) groups is 1. The average Bonchev–Trinajstić information content (AvgIpc) is 2.31. The lowest BCUT2D eigenvalue weighted by molar-refractivity contribution is 1.02. The van der Waals surface area contributed by atoms with Gasteiger partial charge in [0.25, 0.3) is 0 Å². The van der Waals surface area contributed by atoms with E-state index in [-0.39, 0.29) is 5.37 Å². The Morgan fingerprint density at radius 3 is 3.27 bits per heavy atom. The monoisotopic (exact) mass is 250 g/mol. The lowest BCUT2D eigenvalue weighted by atomic mass is 10.3. The van der Waals surface area contributed by atoms with Crippen LogP contribution < -0.4 is 5.32 Å². The minimum absolute atomic E-state index is 0.151. The summed E-state index contributed by atoms with van der Waals surface area (Å²) in [4.78, 5) is 4.19. The van der Waals surface area contributed by atoms with Crippen LogP contribution in [0.5, 0.6) is 0 Å². The van der Waals surface area contributed by atoms with Gasteiger partial charge in [0.15, 0.2) is 0 Å². The molecule has 0 bridgehead atoms. The second-order valence-corrected chi connectivity index (χ2v) is 4.99. The molecule has 58 valence electrons. The zero-order valence-corrected chi connectivity index (χ0v) is 8.50. The highest BCUT2D eigenvalue weighted by Gasteiger charge is 2.25. The zero-order valence-electron chi connectivity index (χ0n) is 5.34. The Labute approximate surface area is 81.9 Å². The first-order valence-electron chi connectivity index (χ1n) is 2.99. The van der Waals surface area contributed by atoms with Crippen molar-refractivity contribution in [3.63, 3.8) is 0 Å². The summed E-state index contributed by atoms with van der Waals surface area (Å²) in [5.74, 6) is 0. The number of fused-ring (bicyclic) bond motifs is 1. The van der Waals surface area contributed by atoms with Gasteiger partial charge in [0.2, 0.25) is 0 Å². The quantitative estimate of drug-likeness (QED) is 0.669. The van der Waals surface area contributed by atoms with Crippen LogP contribution in [0.4, 0.5) is 0 Å². The maximum absolute atomic E-state index is 5.88. The van der Waals surface area contributed by atoms with E-state index in [1.807, 2.05) is 6.08 Å². The number of hydrogen-bond acceptors (Lipinski definition) is 3. The molecule has 2 aliphatic rings. The van der Waals surface area contributed by atoms with Crippen LogP contribution in [-0.4, -0.2) is 11.7 Å². The molecule has 0 spiro atoms. The number of halogens is 2. The van der Waals surface area contributed by atoms with Gasteiger partial charge < -0.3 is 5.32 Å². The SMILES string of the molecule is ClC1=C2C=C(Br)SC2N=CN1. The molecular weight excluding hydrogens is 248 g/mol. The molecule has 2 heterocycles. The van der Waals surface area contributed by atoms with Gasteiger partial charge in [0.05, 0.1) is 10.2 Å². The highest BCUT2D eigenvalue weighted by Crippen LogP contribution is 2.42. The molecule has 0 saturated carbocycles. The third kappa shape index (κ3) is 1.35. The van der Waals surface area contributed by atoms with Crippen molar-refractivity contribution in [1.82, 2.24) is 5.32 Å². The summed E-state index contributed by atoms with van der Waals surface area (Å²) in [5, 5.41) is 3.67. The van der Waals surface area contributed by atoms with E-state index in [9.17, 15) is 0 Å². The Kier molecular flexibility index (Phi) is 1.99. The van der Waals surface area contributed by atoms with Crippen molar-refractivity contribution in [2.45, 2.75) is 5.37 Å². The minimum Gasteiger partial charge on any atom is -0.337 e. The molecule has 0 aliphatic carbocycles. The van der Waals surface area contributed by atoms with Crippen LogP contribution in [-0.2, 0) is 0 Å². The predicted molar refractivity (Wildman–Crippen MR) is 52.9 cm³/mol.